The van der Waals surface area contributed by atoms with E-state index in [0.717, 1.165) is 52.8 Å². The molecule has 2 aromatic carbocycles. The highest BCUT2D eigenvalue weighted by molar-refractivity contribution is 6.31. The molecular formula is C24H28ClNO. The Morgan fingerprint density at radius 1 is 1.11 bits per heavy atom. The van der Waals surface area contributed by atoms with Crippen molar-refractivity contribution in [3.63, 3.8) is 0 Å². The van der Waals surface area contributed by atoms with Gasteiger partial charge in [-0.1, -0.05) is 56.6 Å². The molecule has 1 saturated heterocycles. The average Bonchev–Trinajstić information content (AvgIpc) is 2.62. The van der Waals surface area contributed by atoms with Gasteiger partial charge in [0, 0.05) is 17.1 Å². The van der Waals surface area contributed by atoms with E-state index in [4.69, 9.17) is 11.6 Å². The average molecular weight is 382 g/mol. The van der Waals surface area contributed by atoms with Crippen molar-refractivity contribution in [2.45, 2.75) is 52.9 Å². The molecule has 3 heteroatoms. The number of piperidine rings is 1. The molecule has 1 fully saturated rings. The Morgan fingerprint density at radius 2 is 1.78 bits per heavy atom. The summed E-state index contributed by atoms with van der Waals surface area (Å²) in [6, 6.07) is 12.7. The van der Waals surface area contributed by atoms with Crippen LogP contribution in [0, 0.1) is 6.92 Å². The molecule has 0 radical (unpaired) electrons. The minimum Gasteiger partial charge on any atom is -0.352 e. The standard InChI is InChI=1S/C24H28ClNO/c1-15(20-7-6-12-26-23(20)27)21-13-19(25)14-22(16(21)2)17-8-10-18(11-9-17)24(3,4)5/h8-11,13-14H,6-7,12H2,1-5H3,(H,26,27)/b20-15+. The van der Waals surface area contributed by atoms with Gasteiger partial charge in [-0.25, -0.2) is 0 Å². The number of carbonyl (C=O) groups excluding carboxylic acids is 1. The van der Waals surface area contributed by atoms with Crippen LogP contribution in [0.5, 0.6) is 0 Å². The summed E-state index contributed by atoms with van der Waals surface area (Å²) in [4.78, 5) is 12.3. The highest BCUT2D eigenvalue weighted by Crippen LogP contribution is 2.35. The predicted octanol–water partition coefficient (Wildman–Crippen LogP) is 6.30. The fourth-order valence-electron chi connectivity index (χ4n) is 3.73. The largest absolute Gasteiger partial charge is 0.352 e. The van der Waals surface area contributed by atoms with E-state index in [1.165, 1.54) is 5.56 Å². The van der Waals surface area contributed by atoms with Crippen LogP contribution >= 0.6 is 11.6 Å². The summed E-state index contributed by atoms with van der Waals surface area (Å²) >= 11 is 6.47. The van der Waals surface area contributed by atoms with E-state index in [1.807, 2.05) is 19.1 Å². The summed E-state index contributed by atoms with van der Waals surface area (Å²) in [6.45, 7) is 11.6. The first-order chi connectivity index (χ1) is 12.7. The maximum atomic E-state index is 12.3. The molecule has 0 bridgehead atoms. The summed E-state index contributed by atoms with van der Waals surface area (Å²) < 4.78 is 0. The van der Waals surface area contributed by atoms with E-state index in [2.05, 4.69) is 57.3 Å². The Hall–Kier alpha value is -2.06. The van der Waals surface area contributed by atoms with Gasteiger partial charge in [-0.15, -0.1) is 0 Å². The quantitative estimate of drug-likeness (QED) is 0.608. The van der Waals surface area contributed by atoms with Gasteiger partial charge in [0.25, 0.3) is 0 Å². The Labute approximate surface area is 167 Å². The van der Waals surface area contributed by atoms with Crippen LogP contribution in [0.25, 0.3) is 16.7 Å². The zero-order chi connectivity index (χ0) is 19.8. The summed E-state index contributed by atoms with van der Waals surface area (Å²) in [6.07, 6.45) is 1.80. The highest BCUT2D eigenvalue weighted by atomic mass is 35.5. The van der Waals surface area contributed by atoms with Crippen molar-refractivity contribution in [2.24, 2.45) is 0 Å². The van der Waals surface area contributed by atoms with Gasteiger partial charge in [0.15, 0.2) is 0 Å². The van der Waals surface area contributed by atoms with Gasteiger partial charge < -0.3 is 5.32 Å². The molecule has 0 saturated carbocycles. The molecule has 27 heavy (non-hydrogen) atoms. The lowest BCUT2D eigenvalue weighted by atomic mass is 9.85. The number of nitrogens with one attached hydrogen (secondary N) is 1. The number of benzene rings is 2. The van der Waals surface area contributed by atoms with Gasteiger partial charge in [0.2, 0.25) is 5.91 Å². The van der Waals surface area contributed by atoms with Crippen molar-refractivity contribution >= 4 is 23.1 Å². The second kappa shape index (κ2) is 7.52. The summed E-state index contributed by atoms with van der Waals surface area (Å²) in [5.41, 5.74) is 7.83. The normalized spacial score (nSPS) is 16.9. The lowest BCUT2D eigenvalue weighted by Gasteiger charge is -2.21. The molecule has 2 nitrogen and oxygen atoms in total. The van der Waals surface area contributed by atoms with Crippen LogP contribution in [0.1, 0.15) is 57.2 Å². The Balaban J connectivity index is 2.09. The molecule has 0 atom stereocenters. The number of carbonyl (C=O) groups is 1. The van der Waals surface area contributed by atoms with Crippen molar-refractivity contribution in [1.29, 1.82) is 0 Å². The lowest BCUT2D eigenvalue weighted by molar-refractivity contribution is -0.118. The Bertz CT molecular complexity index is 901. The number of halogens is 1. The first-order valence-corrected chi connectivity index (χ1v) is 9.95. The number of rotatable bonds is 2. The van der Waals surface area contributed by atoms with Gasteiger partial charge in [-0.3, -0.25) is 4.79 Å². The van der Waals surface area contributed by atoms with E-state index in [-0.39, 0.29) is 11.3 Å². The van der Waals surface area contributed by atoms with Crippen LogP contribution in [0.3, 0.4) is 0 Å². The zero-order valence-corrected chi connectivity index (χ0v) is 17.6. The molecule has 1 aliphatic rings. The Morgan fingerprint density at radius 3 is 2.37 bits per heavy atom. The molecule has 142 valence electrons. The van der Waals surface area contributed by atoms with Crippen LogP contribution in [-0.4, -0.2) is 12.5 Å². The van der Waals surface area contributed by atoms with Crippen LogP contribution in [0.4, 0.5) is 0 Å². The molecule has 1 amide bonds. The zero-order valence-electron chi connectivity index (χ0n) is 16.9. The van der Waals surface area contributed by atoms with E-state index in [0.29, 0.717) is 5.02 Å². The number of hydrogen-bond donors (Lipinski definition) is 1. The minimum absolute atomic E-state index is 0.0502. The third kappa shape index (κ3) is 4.11. The molecule has 0 aliphatic carbocycles. The molecule has 0 unspecified atom stereocenters. The third-order valence-electron chi connectivity index (χ3n) is 5.45. The maximum absolute atomic E-state index is 12.3. The first-order valence-electron chi connectivity index (χ1n) is 9.58. The Kier molecular flexibility index (Phi) is 5.48. The van der Waals surface area contributed by atoms with Crippen LogP contribution in [0.15, 0.2) is 42.0 Å². The van der Waals surface area contributed by atoms with Crippen molar-refractivity contribution in [3.05, 3.63) is 63.7 Å². The fraction of sp³-hybridized carbons (Fsp3) is 0.375. The minimum atomic E-state index is 0.0502. The van der Waals surface area contributed by atoms with Gasteiger partial charge in [0.05, 0.1) is 0 Å². The molecule has 1 aliphatic heterocycles. The molecule has 1 heterocycles. The predicted molar refractivity (Wildman–Crippen MR) is 115 cm³/mol. The first kappa shape index (κ1) is 19.7. The number of amides is 1. The van der Waals surface area contributed by atoms with Gasteiger partial charge in [0.1, 0.15) is 0 Å². The molecular weight excluding hydrogens is 354 g/mol. The topological polar surface area (TPSA) is 29.1 Å². The van der Waals surface area contributed by atoms with E-state index in [1.54, 1.807) is 0 Å². The molecule has 1 N–H and O–H groups in total. The fourth-order valence-corrected chi connectivity index (χ4v) is 3.94. The van der Waals surface area contributed by atoms with Crippen LogP contribution in [0.2, 0.25) is 5.02 Å². The van der Waals surface area contributed by atoms with Gasteiger partial charge >= 0.3 is 0 Å². The van der Waals surface area contributed by atoms with Gasteiger partial charge in [-0.05, 0) is 77.6 Å². The van der Waals surface area contributed by atoms with Crippen LogP contribution < -0.4 is 5.32 Å². The monoisotopic (exact) mass is 381 g/mol. The lowest BCUT2D eigenvalue weighted by Crippen LogP contribution is -2.31. The van der Waals surface area contributed by atoms with Gasteiger partial charge in [-0.2, -0.15) is 0 Å². The SMILES string of the molecule is C/C(=C1/CCCNC1=O)c1cc(Cl)cc(-c2ccc(C(C)(C)C)cc2)c1C. The molecule has 3 rings (SSSR count). The summed E-state index contributed by atoms with van der Waals surface area (Å²) in [7, 11) is 0. The van der Waals surface area contributed by atoms with Crippen molar-refractivity contribution < 1.29 is 4.79 Å². The second-order valence-electron chi connectivity index (χ2n) is 8.42. The molecule has 0 aromatic heterocycles. The number of hydrogen-bond acceptors (Lipinski definition) is 1. The van der Waals surface area contributed by atoms with Crippen molar-refractivity contribution in [1.82, 2.24) is 5.32 Å². The number of allylic oxidation sites excluding steroid dienone is 1. The van der Waals surface area contributed by atoms with Crippen molar-refractivity contribution in [3.8, 4) is 11.1 Å². The second-order valence-corrected chi connectivity index (χ2v) is 8.85. The smallest absolute Gasteiger partial charge is 0.247 e. The summed E-state index contributed by atoms with van der Waals surface area (Å²) in [5.74, 6) is 0.0502. The maximum Gasteiger partial charge on any atom is 0.247 e. The van der Waals surface area contributed by atoms with Crippen LogP contribution in [-0.2, 0) is 10.2 Å². The van der Waals surface area contributed by atoms with E-state index in [9.17, 15) is 4.79 Å². The van der Waals surface area contributed by atoms with E-state index >= 15 is 0 Å². The third-order valence-corrected chi connectivity index (χ3v) is 5.67. The highest BCUT2D eigenvalue weighted by Gasteiger charge is 2.20. The molecule has 2 aromatic rings. The van der Waals surface area contributed by atoms with E-state index < -0.39 is 0 Å². The molecule has 0 spiro atoms. The van der Waals surface area contributed by atoms with Crippen molar-refractivity contribution in [2.75, 3.05) is 6.54 Å². The summed E-state index contributed by atoms with van der Waals surface area (Å²) in [5, 5.41) is 3.65.